The van der Waals surface area contributed by atoms with Crippen molar-refractivity contribution in [2.24, 2.45) is 0 Å². The molecule has 1 fully saturated rings. The van der Waals surface area contributed by atoms with Crippen LogP contribution in [-0.4, -0.2) is 42.1 Å². The summed E-state index contributed by atoms with van der Waals surface area (Å²) in [5, 5.41) is 16.7. The van der Waals surface area contributed by atoms with Crippen LogP contribution in [0.1, 0.15) is 43.3 Å². The van der Waals surface area contributed by atoms with Crippen LogP contribution in [0.15, 0.2) is 24.5 Å². The van der Waals surface area contributed by atoms with Crippen LogP contribution >= 0.6 is 11.6 Å². The Bertz CT molecular complexity index is 856. The molecule has 9 heteroatoms. The zero-order valence-electron chi connectivity index (χ0n) is 13.8. The van der Waals surface area contributed by atoms with Gasteiger partial charge in [0.1, 0.15) is 24.3 Å². The third-order valence-corrected chi connectivity index (χ3v) is 4.71. The zero-order valence-corrected chi connectivity index (χ0v) is 14.6. The summed E-state index contributed by atoms with van der Waals surface area (Å²) < 4.78 is 8.90. The van der Waals surface area contributed by atoms with Crippen LogP contribution in [0.3, 0.4) is 0 Å². The lowest BCUT2D eigenvalue weighted by molar-refractivity contribution is 0.411. The highest BCUT2D eigenvalue weighted by Gasteiger charge is 2.24. The van der Waals surface area contributed by atoms with Gasteiger partial charge < -0.3 is 4.74 Å². The van der Waals surface area contributed by atoms with Gasteiger partial charge in [0.25, 0.3) is 0 Å². The minimum absolute atomic E-state index is 0.402. The van der Waals surface area contributed by atoms with Crippen molar-refractivity contribution >= 4 is 11.6 Å². The first kappa shape index (κ1) is 16.0. The second-order valence-electron chi connectivity index (χ2n) is 6.10. The number of ether oxygens (including phenoxy) is 1. The summed E-state index contributed by atoms with van der Waals surface area (Å²) in [5.41, 5.74) is 0.759. The van der Waals surface area contributed by atoms with Crippen LogP contribution in [0.5, 0.6) is 5.75 Å². The second-order valence-corrected chi connectivity index (χ2v) is 6.54. The highest BCUT2D eigenvalue weighted by molar-refractivity contribution is 6.30. The van der Waals surface area contributed by atoms with E-state index >= 15 is 0 Å². The lowest BCUT2D eigenvalue weighted by Crippen LogP contribution is -2.10. The molecule has 1 aromatic carbocycles. The van der Waals surface area contributed by atoms with Crippen molar-refractivity contribution in [3.05, 3.63) is 41.2 Å². The minimum atomic E-state index is 0.402. The standard InChI is InChI=1S/C16H18ClN7O/c1-25-14-7-6-12(17)8-13(14)24-15(9-23-10-18-21-22-23)19-16(20-24)11-4-2-3-5-11/h6-8,10-11H,2-5,9H2,1H3. The molecule has 0 saturated heterocycles. The van der Waals surface area contributed by atoms with Crippen LogP contribution < -0.4 is 4.74 Å². The van der Waals surface area contributed by atoms with E-state index in [9.17, 15) is 0 Å². The summed E-state index contributed by atoms with van der Waals surface area (Å²) in [4.78, 5) is 4.79. The van der Waals surface area contributed by atoms with E-state index in [2.05, 4.69) is 15.5 Å². The average molecular weight is 360 g/mol. The molecule has 0 unspecified atom stereocenters. The van der Waals surface area contributed by atoms with E-state index in [1.165, 1.54) is 12.8 Å². The van der Waals surface area contributed by atoms with Crippen molar-refractivity contribution in [1.29, 1.82) is 0 Å². The average Bonchev–Trinajstić information content (AvgIpc) is 3.37. The maximum Gasteiger partial charge on any atom is 0.154 e. The maximum atomic E-state index is 6.20. The van der Waals surface area contributed by atoms with Gasteiger partial charge in [0, 0.05) is 10.9 Å². The van der Waals surface area contributed by atoms with E-state index in [1.54, 1.807) is 28.9 Å². The van der Waals surface area contributed by atoms with Gasteiger partial charge in [-0.05, 0) is 41.5 Å². The van der Waals surface area contributed by atoms with Gasteiger partial charge >= 0.3 is 0 Å². The fourth-order valence-electron chi connectivity index (χ4n) is 3.24. The summed E-state index contributed by atoms with van der Waals surface area (Å²) in [6.07, 6.45) is 6.26. The third-order valence-electron chi connectivity index (χ3n) is 4.47. The number of nitrogens with zero attached hydrogens (tertiary/aromatic N) is 7. The highest BCUT2D eigenvalue weighted by Crippen LogP contribution is 2.34. The summed E-state index contributed by atoms with van der Waals surface area (Å²) in [6.45, 7) is 0.419. The molecule has 25 heavy (non-hydrogen) atoms. The first-order chi connectivity index (χ1) is 12.2. The van der Waals surface area contributed by atoms with Crippen LogP contribution in [-0.2, 0) is 6.54 Å². The first-order valence-corrected chi connectivity index (χ1v) is 8.63. The molecule has 2 heterocycles. The normalized spacial score (nSPS) is 15.0. The van der Waals surface area contributed by atoms with Gasteiger partial charge in [0.15, 0.2) is 11.6 Å². The Hall–Kier alpha value is -2.48. The molecular weight excluding hydrogens is 342 g/mol. The molecule has 2 aromatic heterocycles. The van der Waals surface area contributed by atoms with Crippen LogP contribution in [0.4, 0.5) is 0 Å². The number of methoxy groups -OCH3 is 1. The topological polar surface area (TPSA) is 83.5 Å². The smallest absolute Gasteiger partial charge is 0.154 e. The maximum absolute atomic E-state index is 6.20. The van der Waals surface area contributed by atoms with E-state index < -0.39 is 0 Å². The molecule has 4 rings (SSSR count). The molecule has 1 aliphatic rings. The Kier molecular flexibility index (Phi) is 4.35. The molecule has 0 aliphatic heterocycles. The van der Waals surface area contributed by atoms with E-state index in [1.807, 2.05) is 12.1 Å². The van der Waals surface area contributed by atoms with E-state index in [-0.39, 0.29) is 0 Å². The van der Waals surface area contributed by atoms with Crippen LogP contribution in [0, 0.1) is 0 Å². The summed E-state index contributed by atoms with van der Waals surface area (Å²) in [7, 11) is 1.63. The number of tetrazole rings is 1. The summed E-state index contributed by atoms with van der Waals surface area (Å²) >= 11 is 6.20. The van der Waals surface area contributed by atoms with Gasteiger partial charge in [-0.15, -0.1) is 5.10 Å². The van der Waals surface area contributed by atoms with Gasteiger partial charge in [-0.25, -0.2) is 14.3 Å². The summed E-state index contributed by atoms with van der Waals surface area (Å²) in [5.74, 6) is 2.70. The fraction of sp³-hybridized carbons (Fsp3) is 0.438. The predicted octanol–water partition coefficient (Wildman–Crippen LogP) is 2.62. The van der Waals surface area contributed by atoms with Gasteiger partial charge in [-0.2, -0.15) is 5.10 Å². The summed E-state index contributed by atoms with van der Waals surface area (Å²) in [6, 6.07) is 5.45. The Morgan fingerprint density at radius 2 is 2.12 bits per heavy atom. The first-order valence-electron chi connectivity index (χ1n) is 8.25. The SMILES string of the molecule is COc1ccc(Cl)cc1-n1nc(C2CCCC2)nc1Cn1cnnn1. The molecule has 1 aliphatic carbocycles. The molecule has 130 valence electrons. The number of halogens is 1. The van der Waals surface area contributed by atoms with Crippen molar-refractivity contribution < 1.29 is 4.74 Å². The lowest BCUT2D eigenvalue weighted by Gasteiger charge is -2.11. The van der Waals surface area contributed by atoms with E-state index in [4.69, 9.17) is 26.4 Å². The fourth-order valence-corrected chi connectivity index (χ4v) is 3.41. The largest absolute Gasteiger partial charge is 0.494 e. The minimum Gasteiger partial charge on any atom is -0.494 e. The zero-order chi connectivity index (χ0) is 17.2. The van der Waals surface area contributed by atoms with Crippen LogP contribution in [0.25, 0.3) is 5.69 Å². The van der Waals surface area contributed by atoms with Gasteiger partial charge in [-0.3, -0.25) is 0 Å². The van der Waals surface area contributed by atoms with Crippen molar-refractivity contribution in [2.45, 2.75) is 38.1 Å². The molecule has 0 atom stereocenters. The highest BCUT2D eigenvalue weighted by atomic mass is 35.5. The molecular formula is C16H18ClN7O. The van der Waals surface area contributed by atoms with Crippen molar-refractivity contribution in [2.75, 3.05) is 7.11 Å². The van der Waals surface area contributed by atoms with Gasteiger partial charge in [0.05, 0.1) is 7.11 Å². The Balaban J connectivity index is 1.80. The monoisotopic (exact) mass is 359 g/mol. The van der Waals surface area contributed by atoms with E-state index in [0.29, 0.717) is 23.2 Å². The lowest BCUT2D eigenvalue weighted by atomic mass is 10.1. The van der Waals surface area contributed by atoms with Gasteiger partial charge in [-0.1, -0.05) is 24.4 Å². The number of hydrogen-bond acceptors (Lipinski definition) is 6. The van der Waals surface area contributed by atoms with Crippen LogP contribution in [0.2, 0.25) is 5.02 Å². The molecule has 0 radical (unpaired) electrons. The molecule has 0 N–H and O–H groups in total. The van der Waals surface area contributed by atoms with Crippen molar-refractivity contribution in [3.63, 3.8) is 0 Å². The molecule has 3 aromatic rings. The van der Waals surface area contributed by atoms with Crippen molar-refractivity contribution in [1.82, 2.24) is 35.0 Å². The quantitative estimate of drug-likeness (QED) is 0.696. The van der Waals surface area contributed by atoms with E-state index in [0.717, 1.165) is 30.2 Å². The number of aromatic nitrogens is 7. The van der Waals surface area contributed by atoms with Crippen molar-refractivity contribution in [3.8, 4) is 11.4 Å². The van der Waals surface area contributed by atoms with Gasteiger partial charge in [0.2, 0.25) is 0 Å². The third kappa shape index (κ3) is 3.21. The molecule has 0 spiro atoms. The molecule has 8 nitrogen and oxygen atoms in total. The Labute approximate surface area is 149 Å². The Morgan fingerprint density at radius 3 is 2.84 bits per heavy atom. The molecule has 1 saturated carbocycles. The molecule has 0 amide bonds. The number of hydrogen-bond donors (Lipinski definition) is 0. The second kappa shape index (κ2) is 6.79. The number of rotatable bonds is 5. The number of benzene rings is 1. The molecule has 0 bridgehead atoms. The predicted molar refractivity (Wildman–Crippen MR) is 91.0 cm³/mol. The Morgan fingerprint density at radius 1 is 1.28 bits per heavy atom.